The number of hydrogen-bond acceptors (Lipinski definition) is 6. The summed E-state index contributed by atoms with van der Waals surface area (Å²) >= 11 is 0. The Balaban J connectivity index is 1.40. The number of hydrogen-bond donors (Lipinski definition) is 0. The average Bonchev–Trinajstić information content (AvgIpc) is 3.52. The molecule has 8 nitrogen and oxygen atoms in total. The van der Waals surface area contributed by atoms with Gasteiger partial charge >= 0.3 is 0 Å². The van der Waals surface area contributed by atoms with E-state index in [2.05, 4.69) is 11.1 Å². The Morgan fingerprint density at radius 3 is 2.51 bits per heavy atom. The van der Waals surface area contributed by atoms with E-state index >= 15 is 0 Å². The van der Waals surface area contributed by atoms with Gasteiger partial charge in [-0.3, -0.25) is 0 Å². The summed E-state index contributed by atoms with van der Waals surface area (Å²) in [6, 6.07) is 12.2. The van der Waals surface area contributed by atoms with E-state index in [-0.39, 0.29) is 5.92 Å². The maximum atomic E-state index is 5.63. The van der Waals surface area contributed by atoms with Crippen molar-refractivity contribution in [2.45, 2.75) is 32.2 Å². The number of aromatic nitrogens is 5. The molecular formula is C27H29N5O3. The minimum Gasteiger partial charge on any atom is -0.495 e. The molecule has 1 aliphatic rings. The highest BCUT2D eigenvalue weighted by Gasteiger charge is 2.26. The molecule has 0 amide bonds. The standard InChI is InChI=1S/C27H29N5O3/c1-18-16-31(17-28-18)22-10-7-19(14-24(22)34-3)8-12-26-29-27-21(6-5-13-32(27)30-26)20-9-11-23(33-2)25(15-20)35-4/h7-12,14-17,21H,5-6,13H2,1-4H3/b12-8+. The SMILES string of the molecule is COc1ccc(C2CCCn3nc(/C=C/c4ccc(-n5cnc(C)c5)c(OC)c4)nc32)cc1OC. The summed E-state index contributed by atoms with van der Waals surface area (Å²) in [5.74, 6) is 4.06. The summed E-state index contributed by atoms with van der Waals surface area (Å²) in [6.45, 7) is 2.83. The van der Waals surface area contributed by atoms with Crippen LogP contribution in [-0.2, 0) is 6.54 Å². The van der Waals surface area contributed by atoms with Crippen LogP contribution in [0.5, 0.6) is 17.2 Å². The zero-order chi connectivity index (χ0) is 24.4. The highest BCUT2D eigenvalue weighted by molar-refractivity contribution is 5.69. The average molecular weight is 472 g/mol. The molecule has 1 atom stereocenters. The predicted octanol–water partition coefficient (Wildman–Crippen LogP) is 4.89. The Bertz CT molecular complexity index is 1370. The van der Waals surface area contributed by atoms with Crippen LogP contribution >= 0.6 is 0 Å². The van der Waals surface area contributed by atoms with E-state index in [9.17, 15) is 0 Å². The fourth-order valence-electron chi connectivity index (χ4n) is 4.56. The van der Waals surface area contributed by atoms with Gasteiger partial charge in [-0.25, -0.2) is 14.6 Å². The number of imidazole rings is 1. The fourth-order valence-corrected chi connectivity index (χ4v) is 4.56. The lowest BCUT2D eigenvalue weighted by atomic mass is 9.91. The Kier molecular flexibility index (Phi) is 6.27. The monoisotopic (exact) mass is 471 g/mol. The van der Waals surface area contributed by atoms with Crippen LogP contribution in [0, 0.1) is 6.92 Å². The lowest BCUT2D eigenvalue weighted by Gasteiger charge is -2.23. The minimum atomic E-state index is 0.163. The summed E-state index contributed by atoms with van der Waals surface area (Å²) in [7, 11) is 4.98. The van der Waals surface area contributed by atoms with Crippen LogP contribution in [-0.4, -0.2) is 45.6 Å². The van der Waals surface area contributed by atoms with Gasteiger partial charge in [0.05, 0.1) is 39.0 Å². The molecule has 0 radical (unpaired) electrons. The second-order valence-electron chi connectivity index (χ2n) is 8.55. The Hall–Kier alpha value is -4.07. The van der Waals surface area contributed by atoms with Crippen LogP contribution in [0.3, 0.4) is 0 Å². The molecule has 0 N–H and O–H groups in total. The lowest BCUT2D eigenvalue weighted by molar-refractivity contribution is 0.353. The molecule has 35 heavy (non-hydrogen) atoms. The van der Waals surface area contributed by atoms with Crippen molar-refractivity contribution in [1.29, 1.82) is 0 Å². The molecule has 0 aliphatic carbocycles. The minimum absolute atomic E-state index is 0.163. The molecule has 8 heteroatoms. The maximum absolute atomic E-state index is 5.63. The molecule has 0 spiro atoms. The first-order valence-electron chi connectivity index (χ1n) is 11.6. The third kappa shape index (κ3) is 4.51. The quantitative estimate of drug-likeness (QED) is 0.382. The molecule has 1 aliphatic heterocycles. The van der Waals surface area contributed by atoms with Gasteiger partial charge in [-0.1, -0.05) is 18.2 Å². The largest absolute Gasteiger partial charge is 0.495 e. The van der Waals surface area contributed by atoms with Gasteiger partial charge < -0.3 is 18.8 Å². The second-order valence-corrected chi connectivity index (χ2v) is 8.55. The van der Waals surface area contributed by atoms with Gasteiger partial charge in [0, 0.05) is 18.7 Å². The molecule has 2 aromatic heterocycles. The molecule has 3 heterocycles. The molecule has 4 aromatic rings. The molecule has 0 bridgehead atoms. The molecule has 0 saturated heterocycles. The summed E-state index contributed by atoms with van der Waals surface area (Å²) in [4.78, 5) is 9.19. The van der Waals surface area contributed by atoms with E-state index in [4.69, 9.17) is 24.3 Å². The smallest absolute Gasteiger partial charge is 0.174 e. The molecule has 5 rings (SSSR count). The van der Waals surface area contributed by atoms with Crippen molar-refractivity contribution in [3.63, 3.8) is 0 Å². The van der Waals surface area contributed by atoms with Crippen LogP contribution in [0.4, 0.5) is 0 Å². The Morgan fingerprint density at radius 1 is 0.943 bits per heavy atom. The number of rotatable bonds is 7. The molecular weight excluding hydrogens is 442 g/mol. The molecule has 180 valence electrons. The number of methoxy groups -OCH3 is 3. The zero-order valence-corrected chi connectivity index (χ0v) is 20.4. The van der Waals surface area contributed by atoms with E-state index in [1.807, 2.05) is 64.9 Å². The van der Waals surface area contributed by atoms with E-state index in [0.29, 0.717) is 5.82 Å². The fraction of sp³-hybridized carbons (Fsp3) is 0.296. The summed E-state index contributed by atoms with van der Waals surface area (Å²) in [6.07, 6.45) is 9.79. The number of nitrogens with zero attached hydrogens (tertiary/aromatic N) is 5. The van der Waals surface area contributed by atoms with E-state index in [1.54, 1.807) is 27.7 Å². The Morgan fingerprint density at radius 2 is 1.77 bits per heavy atom. The third-order valence-electron chi connectivity index (χ3n) is 6.32. The summed E-state index contributed by atoms with van der Waals surface area (Å²) < 4.78 is 20.5. The first-order chi connectivity index (χ1) is 17.1. The van der Waals surface area contributed by atoms with E-state index in [1.165, 1.54) is 0 Å². The van der Waals surface area contributed by atoms with Crippen molar-refractivity contribution in [2.24, 2.45) is 0 Å². The van der Waals surface area contributed by atoms with Crippen molar-refractivity contribution < 1.29 is 14.2 Å². The first-order valence-corrected chi connectivity index (χ1v) is 11.6. The van der Waals surface area contributed by atoms with Crippen molar-refractivity contribution in [3.8, 4) is 22.9 Å². The Labute approximate surface area is 204 Å². The van der Waals surface area contributed by atoms with Crippen LogP contribution in [0.1, 0.15) is 47.2 Å². The highest BCUT2D eigenvalue weighted by atomic mass is 16.5. The van der Waals surface area contributed by atoms with Gasteiger partial charge in [0.1, 0.15) is 11.6 Å². The topological polar surface area (TPSA) is 76.2 Å². The van der Waals surface area contributed by atoms with Crippen LogP contribution in [0.2, 0.25) is 0 Å². The molecule has 2 aromatic carbocycles. The van der Waals surface area contributed by atoms with Crippen LogP contribution in [0.15, 0.2) is 48.9 Å². The van der Waals surface area contributed by atoms with Crippen LogP contribution < -0.4 is 14.2 Å². The normalized spacial score (nSPS) is 15.3. The van der Waals surface area contributed by atoms with Gasteiger partial charge in [0.25, 0.3) is 0 Å². The van der Waals surface area contributed by atoms with Gasteiger partial charge in [0.2, 0.25) is 0 Å². The summed E-state index contributed by atoms with van der Waals surface area (Å²) in [5.41, 5.74) is 4.06. The predicted molar refractivity (Wildman–Crippen MR) is 134 cm³/mol. The van der Waals surface area contributed by atoms with Gasteiger partial charge in [0.15, 0.2) is 17.3 Å². The van der Waals surface area contributed by atoms with E-state index < -0.39 is 0 Å². The van der Waals surface area contributed by atoms with Gasteiger partial charge in [-0.2, -0.15) is 5.10 Å². The highest BCUT2D eigenvalue weighted by Crippen LogP contribution is 2.37. The van der Waals surface area contributed by atoms with Crippen molar-refractivity contribution in [2.75, 3.05) is 21.3 Å². The lowest BCUT2D eigenvalue weighted by Crippen LogP contribution is -2.18. The first kappa shape index (κ1) is 22.7. The molecule has 1 unspecified atom stereocenters. The van der Waals surface area contributed by atoms with Crippen molar-refractivity contribution >= 4 is 12.2 Å². The van der Waals surface area contributed by atoms with E-state index in [0.717, 1.165) is 65.0 Å². The van der Waals surface area contributed by atoms with Gasteiger partial charge in [-0.15, -0.1) is 0 Å². The number of ether oxygens (including phenoxy) is 3. The number of benzene rings is 2. The van der Waals surface area contributed by atoms with Crippen LogP contribution in [0.25, 0.3) is 17.8 Å². The third-order valence-corrected chi connectivity index (χ3v) is 6.32. The van der Waals surface area contributed by atoms with Gasteiger partial charge in [-0.05, 0) is 61.2 Å². The second kappa shape index (κ2) is 9.66. The van der Waals surface area contributed by atoms with Crippen molar-refractivity contribution in [1.82, 2.24) is 24.3 Å². The zero-order valence-electron chi connectivity index (χ0n) is 20.4. The summed E-state index contributed by atoms with van der Waals surface area (Å²) in [5, 5.41) is 4.75. The molecule has 0 saturated carbocycles. The molecule has 0 fully saturated rings. The van der Waals surface area contributed by atoms with Crippen molar-refractivity contribution in [3.05, 3.63) is 77.4 Å². The maximum Gasteiger partial charge on any atom is 0.174 e. The number of fused-ring (bicyclic) bond motifs is 1. The number of aryl methyl sites for hydroxylation is 2.